The van der Waals surface area contributed by atoms with Crippen LogP contribution in [0.1, 0.15) is 0 Å². The van der Waals surface area contributed by atoms with Gasteiger partial charge in [-0.15, -0.1) is 0 Å². The Morgan fingerprint density at radius 1 is 0.917 bits per heavy atom. The highest BCUT2D eigenvalue weighted by Crippen LogP contribution is 2.18. The van der Waals surface area contributed by atoms with E-state index in [1.165, 1.54) is 0 Å². The summed E-state index contributed by atoms with van der Waals surface area (Å²) in [6, 6.07) is 0. The van der Waals surface area contributed by atoms with Crippen molar-refractivity contribution >= 4 is 0 Å². The summed E-state index contributed by atoms with van der Waals surface area (Å²) >= 11 is 0. The molecule has 0 saturated carbocycles. The molecule has 5 atom stereocenters. The highest BCUT2D eigenvalue weighted by atomic mass is 16.6. The molecule has 1 heterocycles. The fraction of sp³-hybridized carbons (Fsp3) is 1.00. The van der Waals surface area contributed by atoms with Gasteiger partial charge in [0.1, 0.15) is 24.4 Å². The van der Waals surface area contributed by atoms with Gasteiger partial charge >= 0.3 is 0 Å². The Bertz CT molecular complexity index is 146. The molecule has 0 unspecified atom stereocenters. The number of hydrogen-bond donors (Lipinski definition) is 5. The minimum Gasteiger partial charge on any atom is -0.394 e. The second-order valence-corrected chi connectivity index (χ2v) is 2.72. The predicted octanol–water partition coefficient (Wildman–Crippen LogP) is -3.22. The van der Waals surface area contributed by atoms with Crippen LogP contribution in [0.4, 0.5) is 0 Å². The van der Waals surface area contributed by atoms with Gasteiger partial charge in [-0.25, -0.2) is 0 Å². The van der Waals surface area contributed by atoms with E-state index in [0.717, 1.165) is 0 Å². The average Bonchev–Trinajstić information content (AvgIpc) is 2.08. The molecule has 12 heavy (non-hydrogen) atoms. The molecule has 0 aromatic carbocycles. The Labute approximate surface area is 68.6 Å². The third-order valence-electron chi connectivity index (χ3n) is 1.87. The SMILES string of the molecule is OC[C@@H]1O[C@H](O)[C@@H](O)[C@@H](O)[C@H]1O. The van der Waals surface area contributed by atoms with Crippen LogP contribution in [0.25, 0.3) is 0 Å². The summed E-state index contributed by atoms with van der Waals surface area (Å²) in [5, 5.41) is 44.7. The molecule has 0 radical (unpaired) electrons. The lowest BCUT2D eigenvalue weighted by Crippen LogP contribution is -2.58. The van der Waals surface area contributed by atoms with Crippen molar-refractivity contribution in [1.82, 2.24) is 0 Å². The molecular weight excluding hydrogens is 168 g/mol. The van der Waals surface area contributed by atoms with Gasteiger partial charge in [0.2, 0.25) is 0 Å². The van der Waals surface area contributed by atoms with Crippen molar-refractivity contribution in [3.63, 3.8) is 0 Å². The van der Waals surface area contributed by atoms with Crippen molar-refractivity contribution in [2.45, 2.75) is 30.7 Å². The van der Waals surface area contributed by atoms with Gasteiger partial charge in [-0.05, 0) is 0 Å². The van der Waals surface area contributed by atoms with E-state index < -0.39 is 37.3 Å². The molecule has 1 saturated heterocycles. The molecule has 1 aliphatic rings. The summed E-state index contributed by atoms with van der Waals surface area (Å²) in [5.41, 5.74) is 0. The van der Waals surface area contributed by atoms with E-state index in [-0.39, 0.29) is 0 Å². The third-order valence-corrected chi connectivity index (χ3v) is 1.87. The standard InChI is InChI=1S/C6H12O6/c7-1-2-3(8)4(9)5(10)6(11)12-2/h2-11H,1H2/t2-,3-,4-,5-,6-/m0/s1. The number of rotatable bonds is 1. The van der Waals surface area contributed by atoms with Crippen LogP contribution < -0.4 is 0 Å². The maximum atomic E-state index is 9.12. The van der Waals surface area contributed by atoms with Crippen molar-refractivity contribution in [3.05, 3.63) is 0 Å². The van der Waals surface area contributed by atoms with Crippen LogP contribution >= 0.6 is 0 Å². The Morgan fingerprint density at radius 3 is 2.00 bits per heavy atom. The quantitative estimate of drug-likeness (QED) is 0.290. The van der Waals surface area contributed by atoms with E-state index >= 15 is 0 Å². The molecule has 0 spiro atoms. The van der Waals surface area contributed by atoms with Crippen molar-refractivity contribution in [3.8, 4) is 0 Å². The molecule has 1 aliphatic heterocycles. The number of aliphatic hydroxyl groups is 5. The van der Waals surface area contributed by atoms with Crippen LogP contribution in [0, 0.1) is 0 Å². The van der Waals surface area contributed by atoms with Gasteiger partial charge in [0.05, 0.1) is 6.61 Å². The van der Waals surface area contributed by atoms with E-state index in [9.17, 15) is 0 Å². The monoisotopic (exact) mass is 180 g/mol. The normalized spacial score (nSPS) is 49.2. The second kappa shape index (κ2) is 3.65. The van der Waals surface area contributed by atoms with Crippen molar-refractivity contribution in [1.29, 1.82) is 0 Å². The predicted molar refractivity (Wildman–Crippen MR) is 36.0 cm³/mol. The van der Waals surface area contributed by atoms with E-state index in [4.69, 9.17) is 25.5 Å². The second-order valence-electron chi connectivity index (χ2n) is 2.72. The molecular formula is C6H12O6. The van der Waals surface area contributed by atoms with Crippen LogP contribution in [0.5, 0.6) is 0 Å². The van der Waals surface area contributed by atoms with Crippen LogP contribution in [-0.2, 0) is 4.74 Å². The molecule has 6 heteroatoms. The first kappa shape index (κ1) is 9.85. The Hall–Kier alpha value is -0.240. The molecule has 1 fully saturated rings. The minimum atomic E-state index is -1.57. The molecule has 5 N–H and O–H groups in total. The van der Waals surface area contributed by atoms with Gasteiger partial charge < -0.3 is 30.3 Å². The van der Waals surface area contributed by atoms with Crippen LogP contribution in [0.2, 0.25) is 0 Å². The summed E-state index contributed by atoms with van der Waals surface area (Å²) in [7, 11) is 0. The Morgan fingerprint density at radius 2 is 1.50 bits per heavy atom. The smallest absolute Gasteiger partial charge is 0.184 e. The molecule has 0 bridgehead atoms. The van der Waals surface area contributed by atoms with Crippen LogP contribution in [-0.4, -0.2) is 62.8 Å². The zero-order chi connectivity index (χ0) is 9.30. The summed E-state index contributed by atoms with van der Waals surface area (Å²) in [5.74, 6) is 0. The van der Waals surface area contributed by atoms with E-state index in [0.29, 0.717) is 0 Å². The molecule has 0 aromatic rings. The molecule has 0 aliphatic carbocycles. The molecule has 6 nitrogen and oxygen atoms in total. The van der Waals surface area contributed by atoms with Gasteiger partial charge in [0, 0.05) is 0 Å². The number of aliphatic hydroxyl groups excluding tert-OH is 5. The van der Waals surface area contributed by atoms with Gasteiger partial charge in [0.15, 0.2) is 6.29 Å². The molecule has 72 valence electrons. The Kier molecular flexibility index (Phi) is 2.99. The highest BCUT2D eigenvalue weighted by Gasteiger charge is 2.42. The van der Waals surface area contributed by atoms with Crippen molar-refractivity contribution < 1.29 is 30.3 Å². The fourth-order valence-corrected chi connectivity index (χ4v) is 1.08. The number of hydrogen-bond acceptors (Lipinski definition) is 6. The summed E-state index contributed by atoms with van der Waals surface area (Å²) in [4.78, 5) is 0. The van der Waals surface area contributed by atoms with E-state index in [1.54, 1.807) is 0 Å². The maximum absolute atomic E-state index is 9.12. The van der Waals surface area contributed by atoms with Crippen molar-refractivity contribution in [2.75, 3.05) is 6.61 Å². The largest absolute Gasteiger partial charge is 0.394 e. The van der Waals surface area contributed by atoms with Gasteiger partial charge in [0.25, 0.3) is 0 Å². The first-order chi connectivity index (χ1) is 5.57. The van der Waals surface area contributed by atoms with Crippen LogP contribution in [0.15, 0.2) is 0 Å². The first-order valence-corrected chi connectivity index (χ1v) is 3.56. The Balaban J connectivity index is 2.63. The number of ether oxygens (including phenoxy) is 1. The molecule has 0 amide bonds. The minimum absolute atomic E-state index is 0.526. The zero-order valence-corrected chi connectivity index (χ0v) is 6.24. The van der Waals surface area contributed by atoms with E-state index in [2.05, 4.69) is 4.74 Å². The zero-order valence-electron chi connectivity index (χ0n) is 6.24. The van der Waals surface area contributed by atoms with E-state index in [1.807, 2.05) is 0 Å². The summed E-state index contributed by atoms with van der Waals surface area (Å²) in [6.07, 6.45) is -7.04. The third kappa shape index (κ3) is 1.58. The summed E-state index contributed by atoms with van der Waals surface area (Å²) < 4.78 is 4.58. The van der Waals surface area contributed by atoms with Crippen molar-refractivity contribution in [2.24, 2.45) is 0 Å². The molecule has 0 aromatic heterocycles. The highest BCUT2D eigenvalue weighted by molar-refractivity contribution is 4.87. The topological polar surface area (TPSA) is 110 Å². The lowest BCUT2D eigenvalue weighted by Gasteiger charge is -2.37. The fourth-order valence-electron chi connectivity index (χ4n) is 1.08. The van der Waals surface area contributed by atoms with Gasteiger partial charge in [-0.2, -0.15) is 0 Å². The van der Waals surface area contributed by atoms with Gasteiger partial charge in [-0.1, -0.05) is 0 Å². The average molecular weight is 180 g/mol. The maximum Gasteiger partial charge on any atom is 0.184 e. The molecule has 1 rings (SSSR count). The lowest BCUT2D eigenvalue weighted by atomic mass is 10.00. The lowest BCUT2D eigenvalue weighted by molar-refractivity contribution is -0.286. The van der Waals surface area contributed by atoms with Crippen LogP contribution in [0.3, 0.4) is 0 Å². The van der Waals surface area contributed by atoms with Gasteiger partial charge in [-0.3, -0.25) is 0 Å². The first-order valence-electron chi connectivity index (χ1n) is 3.56. The summed E-state index contributed by atoms with van der Waals surface area (Å²) in [6.45, 7) is -0.526.